The molecule has 1 aromatic rings. The van der Waals surface area contributed by atoms with Crippen molar-refractivity contribution < 1.29 is 22.7 Å². The van der Waals surface area contributed by atoms with Crippen LogP contribution in [0.1, 0.15) is 25.8 Å². The second-order valence-electron chi connectivity index (χ2n) is 6.05. The molecule has 0 spiro atoms. The fraction of sp³-hybridized carbons (Fsp3) is 0.556. The van der Waals surface area contributed by atoms with E-state index < -0.39 is 10.0 Å². The number of esters is 1. The maximum atomic E-state index is 12.7. The number of hydrogen-bond acceptors (Lipinski definition) is 6. The normalized spacial score (nSPS) is 13.7. The molecule has 1 heterocycles. The van der Waals surface area contributed by atoms with Crippen LogP contribution in [0.3, 0.4) is 0 Å². The van der Waals surface area contributed by atoms with Crippen LogP contribution in [0.5, 0.6) is 0 Å². The predicted octanol–water partition coefficient (Wildman–Crippen LogP) is 1.90. The third-order valence-electron chi connectivity index (χ3n) is 4.50. The van der Waals surface area contributed by atoms with Crippen LogP contribution in [-0.2, 0) is 30.8 Å². The number of sulfonamides is 1. The zero-order valence-corrected chi connectivity index (χ0v) is 17.6. The first-order valence-electron chi connectivity index (χ1n) is 8.93. The second kappa shape index (κ2) is 9.57. The lowest BCUT2D eigenvalue weighted by molar-refractivity contribution is -0.137. The van der Waals surface area contributed by atoms with E-state index in [2.05, 4.69) is 4.74 Å². The van der Waals surface area contributed by atoms with Crippen molar-refractivity contribution in [1.29, 1.82) is 0 Å². The molecule has 0 atom stereocenters. The number of nitrogens with zero attached hydrogens (tertiary/aromatic N) is 2. The molecule has 1 aliphatic heterocycles. The van der Waals surface area contributed by atoms with Gasteiger partial charge in [0.05, 0.1) is 17.8 Å². The average molecular weight is 415 g/mol. The van der Waals surface area contributed by atoms with Gasteiger partial charge < -0.3 is 9.64 Å². The number of anilines is 1. The molecule has 1 aromatic carbocycles. The van der Waals surface area contributed by atoms with E-state index in [9.17, 15) is 18.0 Å². The van der Waals surface area contributed by atoms with Gasteiger partial charge in [-0.15, -0.1) is 11.8 Å². The maximum absolute atomic E-state index is 12.7. The van der Waals surface area contributed by atoms with Crippen molar-refractivity contribution in [3.05, 3.63) is 23.8 Å². The van der Waals surface area contributed by atoms with Crippen molar-refractivity contribution in [1.82, 2.24) is 4.31 Å². The van der Waals surface area contributed by atoms with Gasteiger partial charge in [0.1, 0.15) is 0 Å². The summed E-state index contributed by atoms with van der Waals surface area (Å²) in [5, 5.41) is 0. The summed E-state index contributed by atoms with van der Waals surface area (Å²) in [4.78, 5) is 25.5. The van der Waals surface area contributed by atoms with Gasteiger partial charge in [-0.05, 0) is 30.2 Å². The smallest absolute Gasteiger partial charge is 0.315 e. The molecule has 9 heteroatoms. The van der Waals surface area contributed by atoms with Gasteiger partial charge in [0.25, 0.3) is 0 Å². The predicted molar refractivity (Wildman–Crippen MR) is 107 cm³/mol. The third-order valence-corrected chi connectivity index (χ3v) is 7.48. The molecule has 150 valence electrons. The molecule has 0 saturated heterocycles. The number of carbonyl (C=O) groups excluding carboxylic acids is 2. The summed E-state index contributed by atoms with van der Waals surface area (Å²) in [6, 6.07) is 4.98. The monoisotopic (exact) mass is 414 g/mol. The van der Waals surface area contributed by atoms with E-state index in [-0.39, 0.29) is 22.5 Å². The van der Waals surface area contributed by atoms with Gasteiger partial charge in [-0.1, -0.05) is 13.8 Å². The van der Waals surface area contributed by atoms with Crippen LogP contribution in [-0.4, -0.2) is 62.8 Å². The number of carbonyl (C=O) groups is 2. The summed E-state index contributed by atoms with van der Waals surface area (Å²) in [6.45, 7) is 5.01. The maximum Gasteiger partial charge on any atom is 0.315 e. The van der Waals surface area contributed by atoms with Gasteiger partial charge in [0.15, 0.2) is 0 Å². The van der Waals surface area contributed by atoms with Gasteiger partial charge in [0, 0.05) is 37.5 Å². The first-order valence-corrected chi connectivity index (χ1v) is 11.5. The number of rotatable bonds is 9. The molecule has 27 heavy (non-hydrogen) atoms. The first-order chi connectivity index (χ1) is 12.8. The standard InChI is InChI=1S/C18H26N2O5S2/c1-4-19(5-2)27(23,24)15-6-7-16-14(12-15)8-10-20(16)17(21)9-11-26-13-18(22)25-3/h6-7,12H,4-5,8-11,13H2,1-3H3. The summed E-state index contributed by atoms with van der Waals surface area (Å²) in [5.41, 5.74) is 1.65. The minimum Gasteiger partial charge on any atom is -0.468 e. The molecule has 0 saturated carbocycles. The summed E-state index contributed by atoms with van der Waals surface area (Å²) >= 11 is 1.36. The minimum absolute atomic E-state index is 0.0227. The van der Waals surface area contributed by atoms with Gasteiger partial charge in [0.2, 0.25) is 15.9 Å². The Labute approximate surface area is 165 Å². The molecular formula is C18H26N2O5S2. The zero-order valence-electron chi connectivity index (χ0n) is 15.9. The van der Waals surface area contributed by atoms with Gasteiger partial charge >= 0.3 is 5.97 Å². The Morgan fingerprint density at radius 3 is 2.59 bits per heavy atom. The number of thioether (sulfide) groups is 1. The average Bonchev–Trinajstić information content (AvgIpc) is 3.08. The number of benzene rings is 1. The highest BCUT2D eigenvalue weighted by atomic mass is 32.2. The van der Waals surface area contributed by atoms with Crippen molar-refractivity contribution in [2.45, 2.75) is 31.6 Å². The Bertz CT molecular complexity index is 791. The molecule has 0 aliphatic carbocycles. The Morgan fingerprint density at radius 2 is 1.96 bits per heavy atom. The van der Waals surface area contributed by atoms with Crippen LogP contribution >= 0.6 is 11.8 Å². The van der Waals surface area contributed by atoms with E-state index >= 15 is 0 Å². The molecular weight excluding hydrogens is 388 g/mol. The lowest BCUT2D eigenvalue weighted by Gasteiger charge is -2.20. The lowest BCUT2D eigenvalue weighted by Crippen LogP contribution is -2.31. The van der Waals surface area contributed by atoms with Crippen molar-refractivity contribution in [3.8, 4) is 0 Å². The molecule has 2 rings (SSSR count). The Kier molecular flexibility index (Phi) is 7.69. The fourth-order valence-corrected chi connectivity index (χ4v) is 5.28. The highest BCUT2D eigenvalue weighted by Crippen LogP contribution is 2.31. The highest BCUT2D eigenvalue weighted by Gasteiger charge is 2.28. The van der Waals surface area contributed by atoms with Crippen molar-refractivity contribution in [3.63, 3.8) is 0 Å². The van der Waals surface area contributed by atoms with E-state index in [0.29, 0.717) is 38.2 Å². The highest BCUT2D eigenvalue weighted by molar-refractivity contribution is 7.99. The van der Waals surface area contributed by atoms with Crippen LogP contribution in [0.25, 0.3) is 0 Å². The van der Waals surface area contributed by atoms with Gasteiger partial charge in [-0.25, -0.2) is 8.42 Å². The molecule has 0 radical (unpaired) electrons. The van der Waals surface area contributed by atoms with Crippen LogP contribution in [0.4, 0.5) is 5.69 Å². The molecule has 1 amide bonds. The topological polar surface area (TPSA) is 84.0 Å². The largest absolute Gasteiger partial charge is 0.468 e. The SMILES string of the molecule is CCN(CC)S(=O)(=O)c1ccc2c(c1)CCN2C(=O)CCSCC(=O)OC. The van der Waals surface area contributed by atoms with E-state index in [4.69, 9.17) is 0 Å². The molecule has 0 aromatic heterocycles. The minimum atomic E-state index is -3.51. The Hall–Kier alpha value is -1.58. The lowest BCUT2D eigenvalue weighted by atomic mass is 10.2. The first kappa shape index (κ1) is 21.7. The van der Waals surface area contributed by atoms with Gasteiger partial charge in [-0.3, -0.25) is 9.59 Å². The van der Waals surface area contributed by atoms with Crippen LogP contribution < -0.4 is 4.90 Å². The number of fused-ring (bicyclic) bond motifs is 1. The molecule has 0 fully saturated rings. The fourth-order valence-electron chi connectivity index (χ4n) is 3.02. The molecule has 0 bridgehead atoms. The third kappa shape index (κ3) is 5.03. The molecule has 1 aliphatic rings. The van der Waals surface area contributed by atoms with Gasteiger partial charge in [-0.2, -0.15) is 4.31 Å². The van der Waals surface area contributed by atoms with Crippen LogP contribution in [0.2, 0.25) is 0 Å². The summed E-state index contributed by atoms with van der Waals surface area (Å²) in [5.74, 6) is 0.438. The number of hydrogen-bond donors (Lipinski definition) is 0. The molecule has 0 N–H and O–H groups in total. The van der Waals surface area contributed by atoms with Crippen LogP contribution in [0.15, 0.2) is 23.1 Å². The van der Waals surface area contributed by atoms with Crippen molar-refractivity contribution >= 4 is 39.3 Å². The number of ether oxygens (including phenoxy) is 1. The quantitative estimate of drug-likeness (QED) is 0.453. The number of methoxy groups -OCH3 is 1. The Morgan fingerprint density at radius 1 is 1.26 bits per heavy atom. The van der Waals surface area contributed by atoms with E-state index in [0.717, 1.165) is 11.3 Å². The molecule has 0 unspecified atom stereocenters. The Balaban J connectivity index is 2.05. The van der Waals surface area contributed by atoms with E-state index in [1.165, 1.54) is 23.2 Å². The zero-order chi connectivity index (χ0) is 20.0. The van der Waals surface area contributed by atoms with Crippen molar-refractivity contribution in [2.24, 2.45) is 0 Å². The summed E-state index contributed by atoms with van der Waals surface area (Å²) < 4.78 is 31.3. The van der Waals surface area contributed by atoms with E-state index in [1.807, 2.05) is 13.8 Å². The molecule has 7 nitrogen and oxygen atoms in total. The van der Waals surface area contributed by atoms with Crippen molar-refractivity contribution in [2.75, 3.05) is 43.1 Å². The summed E-state index contributed by atoms with van der Waals surface area (Å²) in [7, 11) is -2.17. The number of amides is 1. The van der Waals surface area contributed by atoms with Crippen LogP contribution in [0, 0.1) is 0 Å². The van der Waals surface area contributed by atoms with E-state index in [1.54, 1.807) is 23.1 Å². The summed E-state index contributed by atoms with van der Waals surface area (Å²) in [6.07, 6.45) is 0.957. The second-order valence-corrected chi connectivity index (χ2v) is 9.10.